The number of hydrogen-bond donors (Lipinski definition) is 1. The van der Waals surface area contributed by atoms with Crippen LogP contribution in [-0.4, -0.2) is 41.6 Å². The number of carbonyl (C=O) groups excluding carboxylic acids is 1. The van der Waals surface area contributed by atoms with Gasteiger partial charge in [-0.05, 0) is 0 Å². The van der Waals surface area contributed by atoms with E-state index in [9.17, 15) is 4.79 Å². The molecule has 0 radical (unpaired) electrons. The van der Waals surface area contributed by atoms with E-state index in [0.29, 0.717) is 18.3 Å². The summed E-state index contributed by atoms with van der Waals surface area (Å²) in [6, 6.07) is 0. The summed E-state index contributed by atoms with van der Waals surface area (Å²) in [4.78, 5) is 12.7. The Balaban J connectivity index is 2.25. The predicted octanol–water partition coefficient (Wildman–Crippen LogP) is -0.444. The molecule has 1 aromatic rings. The Morgan fingerprint density at radius 1 is 1.50 bits per heavy atom. The molecule has 0 aromatic carbocycles. The van der Waals surface area contributed by atoms with Crippen LogP contribution >= 0.6 is 0 Å². The summed E-state index contributed by atoms with van der Waals surface area (Å²) >= 11 is 0. The van der Waals surface area contributed by atoms with Gasteiger partial charge in [0, 0.05) is 21.0 Å². The van der Waals surface area contributed by atoms with Crippen LogP contribution in [0.1, 0.15) is 11.8 Å². The van der Waals surface area contributed by atoms with Gasteiger partial charge in [0.1, 0.15) is 0 Å². The van der Waals surface area contributed by atoms with Crippen molar-refractivity contribution in [2.45, 2.75) is 13.5 Å². The number of likely N-dealkylation sites (N-methyl/N-ethyl adjacent to an activating group) is 1. The standard InChI is InChI=1S/C8H14N4O2/c1-6-10-11-7(14-6)4-9-5-8(13)12(2)3/h9H,4-5H2,1-3H3. The molecule has 0 saturated heterocycles. The van der Waals surface area contributed by atoms with Gasteiger partial charge < -0.3 is 9.32 Å². The lowest BCUT2D eigenvalue weighted by Crippen LogP contribution is -2.32. The van der Waals surface area contributed by atoms with Crippen LogP contribution in [0.5, 0.6) is 0 Å². The molecule has 0 aliphatic rings. The fourth-order valence-electron chi connectivity index (χ4n) is 0.843. The van der Waals surface area contributed by atoms with Crippen LogP contribution in [-0.2, 0) is 11.3 Å². The van der Waals surface area contributed by atoms with Crippen LogP contribution in [0.15, 0.2) is 4.42 Å². The lowest BCUT2D eigenvalue weighted by Gasteiger charge is -2.09. The van der Waals surface area contributed by atoms with Crippen LogP contribution in [0.3, 0.4) is 0 Å². The Morgan fingerprint density at radius 3 is 2.71 bits per heavy atom. The maximum Gasteiger partial charge on any atom is 0.236 e. The maximum atomic E-state index is 11.1. The SMILES string of the molecule is Cc1nnc(CNCC(=O)N(C)C)o1. The first-order chi connectivity index (χ1) is 6.59. The van der Waals surface area contributed by atoms with Gasteiger partial charge in [-0.25, -0.2) is 0 Å². The first-order valence-corrected chi connectivity index (χ1v) is 4.29. The van der Waals surface area contributed by atoms with E-state index in [1.807, 2.05) is 0 Å². The van der Waals surface area contributed by atoms with E-state index in [2.05, 4.69) is 15.5 Å². The number of rotatable bonds is 4. The quantitative estimate of drug-likeness (QED) is 0.710. The van der Waals surface area contributed by atoms with Gasteiger partial charge in [0.2, 0.25) is 17.7 Å². The van der Waals surface area contributed by atoms with E-state index >= 15 is 0 Å². The van der Waals surface area contributed by atoms with Crippen molar-refractivity contribution < 1.29 is 9.21 Å². The predicted molar refractivity (Wildman–Crippen MR) is 49.4 cm³/mol. The van der Waals surface area contributed by atoms with E-state index in [-0.39, 0.29) is 12.5 Å². The first-order valence-electron chi connectivity index (χ1n) is 4.29. The molecule has 78 valence electrons. The second-order valence-corrected chi connectivity index (χ2v) is 3.11. The second-order valence-electron chi connectivity index (χ2n) is 3.11. The van der Waals surface area contributed by atoms with Crippen molar-refractivity contribution in [3.05, 3.63) is 11.8 Å². The molecule has 0 fully saturated rings. The summed E-state index contributed by atoms with van der Waals surface area (Å²) in [7, 11) is 3.42. The van der Waals surface area contributed by atoms with Crippen molar-refractivity contribution >= 4 is 5.91 Å². The highest BCUT2D eigenvalue weighted by molar-refractivity contribution is 5.77. The third-order valence-corrected chi connectivity index (χ3v) is 1.62. The van der Waals surface area contributed by atoms with Crippen molar-refractivity contribution in [2.75, 3.05) is 20.6 Å². The highest BCUT2D eigenvalue weighted by Crippen LogP contribution is 1.95. The fourth-order valence-corrected chi connectivity index (χ4v) is 0.843. The Labute approximate surface area is 82.3 Å². The van der Waals surface area contributed by atoms with E-state index in [4.69, 9.17) is 4.42 Å². The summed E-state index contributed by atoms with van der Waals surface area (Å²) in [5, 5.41) is 10.4. The van der Waals surface area contributed by atoms with Crippen molar-refractivity contribution in [1.82, 2.24) is 20.4 Å². The number of nitrogens with zero attached hydrogens (tertiary/aromatic N) is 3. The minimum Gasteiger partial charge on any atom is -0.424 e. The number of hydrogen-bond acceptors (Lipinski definition) is 5. The normalized spacial score (nSPS) is 10.2. The summed E-state index contributed by atoms with van der Waals surface area (Å²) in [5.74, 6) is 1.04. The van der Waals surface area contributed by atoms with Gasteiger partial charge in [-0.3, -0.25) is 10.1 Å². The van der Waals surface area contributed by atoms with Gasteiger partial charge >= 0.3 is 0 Å². The Hall–Kier alpha value is -1.43. The number of carbonyl (C=O) groups is 1. The zero-order valence-corrected chi connectivity index (χ0v) is 8.57. The third-order valence-electron chi connectivity index (χ3n) is 1.62. The van der Waals surface area contributed by atoms with E-state index in [1.165, 1.54) is 4.90 Å². The van der Waals surface area contributed by atoms with Crippen LogP contribution in [0.2, 0.25) is 0 Å². The molecule has 0 saturated carbocycles. The van der Waals surface area contributed by atoms with Crippen LogP contribution < -0.4 is 5.32 Å². The molecule has 6 heteroatoms. The highest BCUT2D eigenvalue weighted by Gasteiger charge is 2.05. The summed E-state index contributed by atoms with van der Waals surface area (Å²) in [6.45, 7) is 2.41. The monoisotopic (exact) mass is 198 g/mol. The summed E-state index contributed by atoms with van der Waals surface area (Å²) < 4.78 is 5.12. The van der Waals surface area contributed by atoms with Gasteiger partial charge in [0.15, 0.2) is 0 Å². The second kappa shape index (κ2) is 4.71. The Morgan fingerprint density at radius 2 is 2.21 bits per heavy atom. The molecule has 1 N–H and O–H groups in total. The molecule has 0 bridgehead atoms. The molecule has 1 aromatic heterocycles. The third kappa shape index (κ3) is 3.14. The molecule has 0 aliphatic carbocycles. The zero-order chi connectivity index (χ0) is 10.6. The molecule has 14 heavy (non-hydrogen) atoms. The number of amides is 1. The van der Waals surface area contributed by atoms with E-state index < -0.39 is 0 Å². The molecule has 6 nitrogen and oxygen atoms in total. The molecule has 1 amide bonds. The van der Waals surface area contributed by atoms with E-state index in [0.717, 1.165) is 0 Å². The lowest BCUT2D eigenvalue weighted by atomic mass is 10.5. The van der Waals surface area contributed by atoms with E-state index in [1.54, 1.807) is 21.0 Å². The van der Waals surface area contributed by atoms with Crippen LogP contribution in [0.25, 0.3) is 0 Å². The van der Waals surface area contributed by atoms with Crippen molar-refractivity contribution in [3.8, 4) is 0 Å². The molecule has 1 rings (SSSR count). The van der Waals surface area contributed by atoms with Crippen molar-refractivity contribution in [1.29, 1.82) is 0 Å². The summed E-state index contributed by atoms with van der Waals surface area (Å²) in [6.07, 6.45) is 0. The smallest absolute Gasteiger partial charge is 0.236 e. The van der Waals surface area contributed by atoms with Crippen molar-refractivity contribution in [3.63, 3.8) is 0 Å². The van der Waals surface area contributed by atoms with Gasteiger partial charge in [-0.15, -0.1) is 10.2 Å². The largest absolute Gasteiger partial charge is 0.424 e. The topological polar surface area (TPSA) is 71.3 Å². The number of aryl methyl sites for hydroxylation is 1. The minimum atomic E-state index is 0.0150. The van der Waals surface area contributed by atoms with Crippen molar-refractivity contribution in [2.24, 2.45) is 0 Å². The van der Waals surface area contributed by atoms with Gasteiger partial charge in [0.25, 0.3) is 0 Å². The zero-order valence-electron chi connectivity index (χ0n) is 8.57. The van der Waals surface area contributed by atoms with Crippen LogP contribution in [0.4, 0.5) is 0 Å². The minimum absolute atomic E-state index is 0.0150. The first kappa shape index (κ1) is 10.6. The lowest BCUT2D eigenvalue weighted by molar-refractivity contribution is -0.127. The Bertz CT molecular complexity index is 308. The molecule has 0 spiro atoms. The average molecular weight is 198 g/mol. The Kier molecular flexibility index (Phi) is 3.58. The van der Waals surface area contributed by atoms with Gasteiger partial charge in [-0.1, -0.05) is 0 Å². The molecule has 0 atom stereocenters. The van der Waals surface area contributed by atoms with Gasteiger partial charge in [-0.2, -0.15) is 0 Å². The highest BCUT2D eigenvalue weighted by atomic mass is 16.4. The average Bonchev–Trinajstić information content (AvgIpc) is 2.51. The molecule has 0 aliphatic heterocycles. The molecule has 1 heterocycles. The summed E-state index contributed by atoms with van der Waals surface area (Å²) in [5.41, 5.74) is 0. The molecular formula is C8H14N4O2. The molecule has 0 unspecified atom stereocenters. The maximum absolute atomic E-state index is 11.1. The number of nitrogens with one attached hydrogen (secondary N) is 1. The molecular weight excluding hydrogens is 184 g/mol. The number of aromatic nitrogens is 2. The van der Waals surface area contributed by atoms with Crippen LogP contribution in [0, 0.1) is 6.92 Å². The fraction of sp³-hybridized carbons (Fsp3) is 0.625. The van der Waals surface area contributed by atoms with Gasteiger partial charge in [0.05, 0.1) is 13.1 Å².